The van der Waals surface area contributed by atoms with Crippen LogP contribution in [-0.4, -0.2) is 33.2 Å². The largest absolute Gasteiger partial charge is 0.497 e. The van der Waals surface area contributed by atoms with Gasteiger partial charge in [-0.2, -0.15) is 0 Å². The molecule has 0 spiro atoms. The van der Waals surface area contributed by atoms with E-state index in [4.69, 9.17) is 9.84 Å². The summed E-state index contributed by atoms with van der Waals surface area (Å²) in [5.41, 5.74) is 1.72. The molecule has 0 unspecified atom stereocenters. The van der Waals surface area contributed by atoms with E-state index >= 15 is 0 Å². The third kappa shape index (κ3) is 2.96. The molecule has 0 radical (unpaired) electrons. The van der Waals surface area contributed by atoms with Crippen LogP contribution in [-0.2, 0) is 13.0 Å². The molecule has 0 aliphatic heterocycles. The summed E-state index contributed by atoms with van der Waals surface area (Å²) in [6.45, 7) is 2.50. The second kappa shape index (κ2) is 6.18. The van der Waals surface area contributed by atoms with E-state index in [1.807, 2.05) is 31.2 Å². The number of carboxylic acids is 1. The average molecular weight is 275 g/mol. The Hall–Kier alpha value is -2.37. The molecule has 0 saturated carbocycles. The minimum atomic E-state index is -1.03. The van der Waals surface area contributed by atoms with Crippen LogP contribution in [0.3, 0.4) is 0 Å². The van der Waals surface area contributed by atoms with Crippen LogP contribution in [0.2, 0.25) is 0 Å². The SMILES string of the molecule is CCCc1c(C(=O)O)nnn1Cc1ccc(OC)cc1. The molecule has 1 aromatic carbocycles. The Labute approximate surface area is 117 Å². The van der Waals surface area contributed by atoms with E-state index in [1.165, 1.54) is 0 Å². The highest BCUT2D eigenvalue weighted by Gasteiger charge is 2.18. The van der Waals surface area contributed by atoms with Crippen LogP contribution in [0.5, 0.6) is 5.75 Å². The first-order valence-electron chi connectivity index (χ1n) is 6.44. The molecule has 2 aromatic rings. The summed E-state index contributed by atoms with van der Waals surface area (Å²) < 4.78 is 6.75. The summed E-state index contributed by atoms with van der Waals surface area (Å²) >= 11 is 0. The zero-order valence-electron chi connectivity index (χ0n) is 11.5. The quantitative estimate of drug-likeness (QED) is 0.872. The van der Waals surface area contributed by atoms with Crippen LogP contribution in [0, 0.1) is 0 Å². The monoisotopic (exact) mass is 275 g/mol. The molecule has 106 valence electrons. The Morgan fingerprint density at radius 1 is 1.35 bits per heavy atom. The van der Waals surface area contributed by atoms with Gasteiger partial charge >= 0.3 is 5.97 Å². The van der Waals surface area contributed by atoms with Crippen LogP contribution in [0.4, 0.5) is 0 Å². The van der Waals surface area contributed by atoms with Crippen molar-refractivity contribution in [3.05, 3.63) is 41.2 Å². The van der Waals surface area contributed by atoms with E-state index in [0.29, 0.717) is 18.7 Å². The fourth-order valence-corrected chi connectivity index (χ4v) is 2.01. The van der Waals surface area contributed by atoms with Gasteiger partial charge in [0.05, 0.1) is 19.3 Å². The molecule has 2 rings (SSSR count). The first kappa shape index (κ1) is 14.0. The number of aromatic carboxylic acids is 1. The Bertz CT molecular complexity index is 590. The van der Waals surface area contributed by atoms with E-state index in [0.717, 1.165) is 17.7 Å². The number of methoxy groups -OCH3 is 1. The van der Waals surface area contributed by atoms with E-state index in [-0.39, 0.29) is 5.69 Å². The second-order valence-corrected chi connectivity index (χ2v) is 4.45. The highest BCUT2D eigenvalue weighted by molar-refractivity contribution is 5.86. The fraction of sp³-hybridized carbons (Fsp3) is 0.357. The van der Waals surface area contributed by atoms with Gasteiger partial charge in [-0.15, -0.1) is 5.10 Å². The number of hydrogen-bond donors (Lipinski definition) is 1. The van der Waals surface area contributed by atoms with Gasteiger partial charge in [0.25, 0.3) is 0 Å². The Morgan fingerprint density at radius 2 is 2.05 bits per heavy atom. The van der Waals surface area contributed by atoms with Gasteiger partial charge < -0.3 is 9.84 Å². The maximum Gasteiger partial charge on any atom is 0.358 e. The lowest BCUT2D eigenvalue weighted by atomic mass is 10.2. The van der Waals surface area contributed by atoms with Crippen LogP contribution in [0.25, 0.3) is 0 Å². The number of ether oxygens (including phenoxy) is 1. The number of aromatic nitrogens is 3. The smallest absolute Gasteiger partial charge is 0.358 e. The Kier molecular flexibility index (Phi) is 4.34. The van der Waals surface area contributed by atoms with Crippen molar-refractivity contribution in [3.8, 4) is 5.75 Å². The van der Waals surface area contributed by atoms with Gasteiger partial charge in [0.1, 0.15) is 5.75 Å². The summed E-state index contributed by atoms with van der Waals surface area (Å²) in [6.07, 6.45) is 1.49. The van der Waals surface area contributed by atoms with Crippen molar-refractivity contribution >= 4 is 5.97 Å². The predicted molar refractivity (Wildman–Crippen MR) is 73.1 cm³/mol. The highest BCUT2D eigenvalue weighted by Crippen LogP contribution is 2.14. The van der Waals surface area contributed by atoms with Gasteiger partial charge in [-0.1, -0.05) is 30.7 Å². The van der Waals surface area contributed by atoms with E-state index < -0.39 is 5.97 Å². The van der Waals surface area contributed by atoms with Crippen LogP contribution in [0.15, 0.2) is 24.3 Å². The molecule has 0 atom stereocenters. The first-order chi connectivity index (χ1) is 9.65. The molecule has 0 bridgehead atoms. The maximum atomic E-state index is 11.1. The number of hydrogen-bond acceptors (Lipinski definition) is 4. The highest BCUT2D eigenvalue weighted by atomic mass is 16.5. The summed E-state index contributed by atoms with van der Waals surface area (Å²) in [5.74, 6) is -0.248. The topological polar surface area (TPSA) is 77.2 Å². The van der Waals surface area contributed by atoms with Gasteiger partial charge in [0, 0.05) is 0 Å². The minimum Gasteiger partial charge on any atom is -0.497 e. The molecule has 1 aromatic heterocycles. The number of benzene rings is 1. The molecule has 1 N–H and O–H groups in total. The number of carboxylic acid groups (broad SMARTS) is 1. The number of carbonyl (C=O) groups is 1. The first-order valence-corrected chi connectivity index (χ1v) is 6.44. The van der Waals surface area contributed by atoms with Gasteiger partial charge in [0.2, 0.25) is 0 Å². The van der Waals surface area contributed by atoms with Crippen molar-refractivity contribution in [1.29, 1.82) is 0 Å². The zero-order valence-corrected chi connectivity index (χ0v) is 11.5. The minimum absolute atomic E-state index is 0.0420. The molecule has 6 heteroatoms. The van der Waals surface area contributed by atoms with Crippen molar-refractivity contribution in [1.82, 2.24) is 15.0 Å². The Morgan fingerprint density at radius 3 is 2.60 bits per heavy atom. The predicted octanol–water partition coefficient (Wildman–Crippen LogP) is 1.99. The van der Waals surface area contributed by atoms with Crippen molar-refractivity contribution in [2.45, 2.75) is 26.3 Å². The van der Waals surface area contributed by atoms with Crippen molar-refractivity contribution in [2.75, 3.05) is 7.11 Å². The summed E-state index contributed by atoms with van der Waals surface area (Å²) in [4.78, 5) is 11.1. The van der Waals surface area contributed by atoms with Crippen LogP contribution < -0.4 is 4.74 Å². The average Bonchev–Trinajstić information content (AvgIpc) is 2.83. The molecule has 0 aliphatic rings. The molecule has 20 heavy (non-hydrogen) atoms. The third-order valence-corrected chi connectivity index (χ3v) is 3.02. The summed E-state index contributed by atoms with van der Waals surface area (Å²) in [5, 5.41) is 16.8. The molecule has 0 fully saturated rings. The van der Waals surface area contributed by atoms with E-state index in [1.54, 1.807) is 11.8 Å². The van der Waals surface area contributed by atoms with Gasteiger partial charge in [-0.25, -0.2) is 9.48 Å². The lowest BCUT2D eigenvalue weighted by molar-refractivity contribution is 0.0689. The van der Waals surface area contributed by atoms with E-state index in [9.17, 15) is 4.79 Å². The molecular weight excluding hydrogens is 258 g/mol. The van der Waals surface area contributed by atoms with Crippen molar-refractivity contribution in [3.63, 3.8) is 0 Å². The second-order valence-electron chi connectivity index (χ2n) is 4.45. The molecule has 0 aliphatic carbocycles. The van der Waals surface area contributed by atoms with E-state index in [2.05, 4.69) is 10.3 Å². The molecule has 6 nitrogen and oxygen atoms in total. The maximum absolute atomic E-state index is 11.1. The van der Waals surface area contributed by atoms with Crippen LogP contribution in [0.1, 0.15) is 35.1 Å². The van der Waals surface area contributed by atoms with Crippen molar-refractivity contribution < 1.29 is 14.6 Å². The molecule has 1 heterocycles. The molecule has 0 amide bonds. The lowest BCUT2D eigenvalue weighted by Gasteiger charge is -2.07. The standard InChI is InChI=1S/C14H17N3O3/c1-3-4-12-13(14(18)19)15-16-17(12)9-10-5-7-11(20-2)8-6-10/h5-8H,3-4,9H2,1-2H3,(H,18,19). The Balaban J connectivity index is 2.25. The van der Waals surface area contributed by atoms with Gasteiger partial charge in [0.15, 0.2) is 5.69 Å². The van der Waals surface area contributed by atoms with Gasteiger partial charge in [-0.3, -0.25) is 0 Å². The zero-order chi connectivity index (χ0) is 14.5. The number of rotatable bonds is 6. The molecular formula is C14H17N3O3. The third-order valence-electron chi connectivity index (χ3n) is 3.02. The molecule has 0 saturated heterocycles. The van der Waals surface area contributed by atoms with Gasteiger partial charge in [-0.05, 0) is 24.1 Å². The normalized spacial score (nSPS) is 10.5. The summed E-state index contributed by atoms with van der Waals surface area (Å²) in [6, 6.07) is 7.58. The van der Waals surface area contributed by atoms with Crippen LogP contribution >= 0.6 is 0 Å². The fourth-order valence-electron chi connectivity index (χ4n) is 2.01. The number of nitrogens with zero attached hydrogens (tertiary/aromatic N) is 3. The van der Waals surface area contributed by atoms with Crippen molar-refractivity contribution in [2.24, 2.45) is 0 Å². The summed E-state index contributed by atoms with van der Waals surface area (Å²) in [7, 11) is 1.62. The lowest BCUT2D eigenvalue weighted by Crippen LogP contribution is -2.09.